The molecule has 112 valence electrons. The molecule has 1 heterocycles. The maximum Gasteiger partial charge on any atom is 0.276 e. The van der Waals surface area contributed by atoms with Crippen LogP contribution in [0.4, 0.5) is 11.4 Å². The van der Waals surface area contributed by atoms with Gasteiger partial charge in [0.15, 0.2) is 0 Å². The number of carbonyl (C=O) groups is 1. The second kappa shape index (κ2) is 6.05. The highest BCUT2D eigenvalue weighted by molar-refractivity contribution is 6.34. The number of nitrogens with zero attached hydrogens (tertiary/aromatic N) is 2. The fourth-order valence-electron chi connectivity index (χ4n) is 2.04. The highest BCUT2D eigenvalue weighted by Crippen LogP contribution is 2.28. The molecule has 21 heavy (non-hydrogen) atoms. The molecule has 0 spiro atoms. The summed E-state index contributed by atoms with van der Waals surface area (Å²) in [5.41, 5.74) is 7.81. The molecule has 0 bridgehead atoms. The number of halogens is 1. The number of nitrogens with two attached hydrogens (primary N) is 1. The van der Waals surface area contributed by atoms with Crippen LogP contribution in [0.25, 0.3) is 0 Å². The smallest absolute Gasteiger partial charge is 0.276 e. The van der Waals surface area contributed by atoms with E-state index in [0.717, 1.165) is 0 Å². The molecule has 0 fully saturated rings. The molecule has 7 heteroatoms. The van der Waals surface area contributed by atoms with Gasteiger partial charge in [-0.25, -0.2) is 0 Å². The van der Waals surface area contributed by atoms with Crippen LogP contribution in [0.1, 0.15) is 23.1 Å². The van der Waals surface area contributed by atoms with Gasteiger partial charge in [-0.15, -0.1) is 0 Å². The molecule has 1 aromatic heterocycles. The van der Waals surface area contributed by atoms with Crippen molar-refractivity contribution in [2.45, 2.75) is 13.3 Å². The van der Waals surface area contributed by atoms with Gasteiger partial charge >= 0.3 is 0 Å². The number of rotatable bonds is 4. The Balaban J connectivity index is 2.32. The van der Waals surface area contributed by atoms with E-state index in [2.05, 4.69) is 10.4 Å². The average molecular weight is 309 g/mol. The van der Waals surface area contributed by atoms with Crippen molar-refractivity contribution in [2.24, 2.45) is 7.05 Å². The van der Waals surface area contributed by atoms with E-state index in [-0.39, 0.29) is 5.91 Å². The first-order chi connectivity index (χ1) is 9.97. The van der Waals surface area contributed by atoms with E-state index in [4.69, 9.17) is 22.1 Å². The van der Waals surface area contributed by atoms with Gasteiger partial charge in [-0.2, -0.15) is 5.10 Å². The molecule has 0 unspecified atom stereocenters. The van der Waals surface area contributed by atoms with E-state index in [1.165, 1.54) is 4.68 Å². The minimum Gasteiger partial charge on any atom is -0.497 e. The van der Waals surface area contributed by atoms with Crippen molar-refractivity contribution in [3.63, 3.8) is 0 Å². The van der Waals surface area contributed by atoms with Gasteiger partial charge in [-0.1, -0.05) is 18.5 Å². The van der Waals surface area contributed by atoms with Gasteiger partial charge in [0.2, 0.25) is 0 Å². The first-order valence-electron chi connectivity index (χ1n) is 6.44. The number of ether oxygens (including phenoxy) is 1. The molecule has 0 atom stereocenters. The lowest BCUT2D eigenvalue weighted by Crippen LogP contribution is -2.18. The van der Waals surface area contributed by atoms with Crippen molar-refractivity contribution in [3.8, 4) is 5.75 Å². The second-order valence-electron chi connectivity index (χ2n) is 4.49. The van der Waals surface area contributed by atoms with Crippen LogP contribution in [0.2, 0.25) is 5.02 Å². The number of methoxy groups -OCH3 is 1. The van der Waals surface area contributed by atoms with Gasteiger partial charge in [0, 0.05) is 13.1 Å². The Kier molecular flexibility index (Phi) is 4.37. The van der Waals surface area contributed by atoms with Crippen LogP contribution in [0.15, 0.2) is 18.2 Å². The Hall–Kier alpha value is -2.21. The van der Waals surface area contributed by atoms with Crippen LogP contribution in [-0.4, -0.2) is 22.8 Å². The highest BCUT2D eigenvalue weighted by atomic mass is 35.5. The van der Waals surface area contributed by atoms with Gasteiger partial charge in [0.1, 0.15) is 11.4 Å². The maximum absolute atomic E-state index is 12.4. The summed E-state index contributed by atoms with van der Waals surface area (Å²) in [6, 6.07) is 5.01. The first kappa shape index (κ1) is 15.2. The van der Waals surface area contributed by atoms with Crippen molar-refractivity contribution in [1.29, 1.82) is 0 Å². The topological polar surface area (TPSA) is 82.2 Å². The van der Waals surface area contributed by atoms with E-state index in [9.17, 15) is 4.79 Å². The lowest BCUT2D eigenvalue weighted by molar-refractivity contribution is 0.101. The Morgan fingerprint density at radius 3 is 2.81 bits per heavy atom. The third-order valence-corrected chi connectivity index (χ3v) is 3.46. The number of amides is 1. The summed E-state index contributed by atoms with van der Waals surface area (Å²) in [4.78, 5) is 12.4. The van der Waals surface area contributed by atoms with Crippen molar-refractivity contribution in [3.05, 3.63) is 34.6 Å². The van der Waals surface area contributed by atoms with Crippen molar-refractivity contribution in [2.75, 3.05) is 18.2 Å². The first-order valence-corrected chi connectivity index (χ1v) is 6.82. The van der Waals surface area contributed by atoms with Gasteiger partial charge in [0.25, 0.3) is 5.91 Å². The predicted molar refractivity (Wildman–Crippen MR) is 83.0 cm³/mol. The molecule has 0 saturated carbocycles. The Morgan fingerprint density at radius 1 is 1.52 bits per heavy atom. The Labute approximate surface area is 127 Å². The lowest BCUT2D eigenvalue weighted by atomic mass is 10.2. The fourth-order valence-corrected chi connectivity index (χ4v) is 2.20. The molecular formula is C14H17ClN4O2. The zero-order valence-corrected chi connectivity index (χ0v) is 12.9. The SMILES string of the molecule is CCc1nn(C)c(C(=O)Nc2cc(OC)ccc2Cl)c1N. The van der Waals surface area contributed by atoms with Gasteiger partial charge in [0.05, 0.1) is 29.2 Å². The normalized spacial score (nSPS) is 10.5. The van der Waals surface area contributed by atoms with Crippen molar-refractivity contribution >= 4 is 28.9 Å². The summed E-state index contributed by atoms with van der Waals surface area (Å²) in [5, 5.41) is 7.37. The quantitative estimate of drug-likeness (QED) is 0.909. The largest absolute Gasteiger partial charge is 0.497 e. The van der Waals surface area contributed by atoms with E-state index in [1.807, 2.05) is 6.92 Å². The second-order valence-corrected chi connectivity index (χ2v) is 4.89. The number of hydrogen-bond acceptors (Lipinski definition) is 4. The van der Waals surface area contributed by atoms with Gasteiger partial charge in [-0.05, 0) is 18.6 Å². The molecule has 0 aliphatic rings. The number of aryl methyl sites for hydroxylation is 2. The molecule has 1 amide bonds. The number of anilines is 2. The molecule has 2 rings (SSSR count). The fraction of sp³-hybridized carbons (Fsp3) is 0.286. The number of benzene rings is 1. The van der Waals surface area contributed by atoms with Crippen LogP contribution in [0.5, 0.6) is 5.75 Å². The standard InChI is InChI=1S/C14H17ClN4O2/c1-4-10-12(16)13(19(2)18-10)14(20)17-11-7-8(21-3)5-6-9(11)15/h5-7H,4,16H2,1-3H3,(H,17,20). The Morgan fingerprint density at radius 2 is 2.24 bits per heavy atom. The third kappa shape index (κ3) is 2.95. The molecule has 6 nitrogen and oxygen atoms in total. The molecule has 2 aromatic rings. The molecule has 3 N–H and O–H groups in total. The summed E-state index contributed by atoms with van der Waals surface area (Å²) >= 11 is 6.07. The summed E-state index contributed by atoms with van der Waals surface area (Å²) < 4.78 is 6.58. The monoisotopic (exact) mass is 308 g/mol. The van der Waals surface area contributed by atoms with Crippen LogP contribution >= 0.6 is 11.6 Å². The molecule has 0 saturated heterocycles. The van der Waals surface area contributed by atoms with Crippen LogP contribution in [0, 0.1) is 0 Å². The Bertz CT molecular complexity index is 682. The number of nitrogens with one attached hydrogen (secondary N) is 1. The summed E-state index contributed by atoms with van der Waals surface area (Å²) in [7, 11) is 3.22. The minimum absolute atomic E-state index is 0.311. The van der Waals surface area contributed by atoms with E-state index < -0.39 is 0 Å². The number of nitrogen functional groups attached to an aromatic ring is 1. The average Bonchev–Trinajstić information content (AvgIpc) is 2.75. The summed E-state index contributed by atoms with van der Waals surface area (Å²) in [6.07, 6.45) is 0.660. The molecule has 0 aliphatic carbocycles. The number of aromatic nitrogens is 2. The van der Waals surface area contributed by atoms with Crippen LogP contribution in [-0.2, 0) is 13.5 Å². The number of hydrogen-bond donors (Lipinski definition) is 2. The molecule has 0 radical (unpaired) electrons. The molecule has 0 aliphatic heterocycles. The minimum atomic E-state index is -0.364. The third-order valence-electron chi connectivity index (χ3n) is 3.13. The van der Waals surface area contributed by atoms with E-state index in [0.29, 0.717) is 40.0 Å². The van der Waals surface area contributed by atoms with E-state index in [1.54, 1.807) is 32.4 Å². The van der Waals surface area contributed by atoms with Crippen LogP contribution in [0.3, 0.4) is 0 Å². The highest BCUT2D eigenvalue weighted by Gasteiger charge is 2.20. The number of carbonyl (C=O) groups excluding carboxylic acids is 1. The summed E-state index contributed by atoms with van der Waals surface area (Å²) in [5.74, 6) is 0.235. The molecular weight excluding hydrogens is 292 g/mol. The zero-order chi connectivity index (χ0) is 15.6. The predicted octanol–water partition coefficient (Wildman–Crippen LogP) is 2.48. The maximum atomic E-state index is 12.4. The van der Waals surface area contributed by atoms with Crippen molar-refractivity contribution in [1.82, 2.24) is 9.78 Å². The van der Waals surface area contributed by atoms with Gasteiger partial charge < -0.3 is 15.8 Å². The van der Waals surface area contributed by atoms with Crippen molar-refractivity contribution < 1.29 is 9.53 Å². The zero-order valence-electron chi connectivity index (χ0n) is 12.1. The lowest BCUT2D eigenvalue weighted by Gasteiger charge is -2.09. The van der Waals surface area contributed by atoms with E-state index >= 15 is 0 Å². The van der Waals surface area contributed by atoms with Crippen LogP contribution < -0.4 is 15.8 Å². The van der Waals surface area contributed by atoms with Gasteiger partial charge in [-0.3, -0.25) is 9.48 Å². The summed E-state index contributed by atoms with van der Waals surface area (Å²) in [6.45, 7) is 1.93. The molecule has 1 aromatic carbocycles.